The zero-order chi connectivity index (χ0) is 24.0. The molecule has 0 aliphatic carbocycles. The number of thioether (sulfide) groups is 1. The lowest BCUT2D eigenvalue weighted by Crippen LogP contribution is -2.47. The topological polar surface area (TPSA) is 119 Å². The van der Waals surface area contributed by atoms with E-state index in [0.717, 1.165) is 0 Å². The molecule has 11 heteroatoms. The number of halogens is 2. The molecule has 0 saturated carbocycles. The monoisotopic (exact) mass is 491 g/mol. The molecule has 1 atom stereocenters. The van der Waals surface area contributed by atoms with Crippen molar-refractivity contribution in [1.82, 2.24) is 20.4 Å². The normalized spacial score (nSPS) is 11.8. The van der Waals surface area contributed by atoms with E-state index in [4.69, 9.17) is 17.3 Å². The average molecular weight is 492 g/mol. The van der Waals surface area contributed by atoms with Crippen molar-refractivity contribution in [1.29, 1.82) is 0 Å². The molecule has 0 aliphatic heterocycles. The lowest BCUT2D eigenvalue weighted by Gasteiger charge is -2.18. The average Bonchev–Trinajstić information content (AvgIpc) is 3.16. The van der Waals surface area contributed by atoms with Crippen molar-refractivity contribution in [3.8, 4) is 0 Å². The van der Waals surface area contributed by atoms with Crippen molar-refractivity contribution >= 4 is 52.0 Å². The highest BCUT2D eigenvalue weighted by Gasteiger charge is 2.22. The quantitative estimate of drug-likeness (QED) is 0.402. The van der Waals surface area contributed by atoms with Gasteiger partial charge in [-0.1, -0.05) is 41.9 Å². The van der Waals surface area contributed by atoms with Gasteiger partial charge in [-0.3, -0.25) is 19.1 Å². The maximum atomic E-state index is 14.1. The maximum Gasteiger partial charge on any atom is 0.269 e. The van der Waals surface area contributed by atoms with Crippen LogP contribution in [0.5, 0.6) is 0 Å². The van der Waals surface area contributed by atoms with Gasteiger partial charge in [0.15, 0.2) is 5.69 Å². The lowest BCUT2D eigenvalue weighted by molar-refractivity contribution is -0.129. The predicted octanol–water partition coefficient (Wildman–Crippen LogP) is 2.48. The molecule has 3 amide bonds. The van der Waals surface area contributed by atoms with E-state index in [1.807, 2.05) is 6.26 Å². The Kier molecular flexibility index (Phi) is 8.29. The van der Waals surface area contributed by atoms with Crippen LogP contribution < -0.4 is 16.4 Å². The molecular weight excluding hydrogens is 469 g/mol. The molecule has 3 aromatic rings. The SMILES string of the molecule is CSCC[C@H](NC(=O)Cn1nc(C(N)=O)c2ccccc21)C(=O)NCc1cccc(Cl)c1F. The molecule has 4 N–H and O–H groups in total. The van der Waals surface area contributed by atoms with Crippen LogP contribution in [0, 0.1) is 5.82 Å². The van der Waals surface area contributed by atoms with Crippen LogP contribution in [0.25, 0.3) is 10.9 Å². The standard InChI is InChI=1S/C22H23ClFN5O3S/c1-33-10-9-16(22(32)26-11-13-5-4-7-15(23)19(13)24)27-18(30)12-29-17-8-3-2-6-14(17)20(28-29)21(25)31/h2-8,16H,9-12H2,1H3,(H2,25,31)(H,26,32)(H,27,30)/t16-/m0/s1. The number of rotatable bonds is 10. The second-order valence-corrected chi connectivity index (χ2v) is 8.61. The molecule has 0 unspecified atom stereocenters. The molecule has 0 fully saturated rings. The number of para-hydroxylation sites is 1. The predicted molar refractivity (Wildman–Crippen MR) is 126 cm³/mol. The van der Waals surface area contributed by atoms with Gasteiger partial charge in [-0.25, -0.2) is 4.39 Å². The second-order valence-electron chi connectivity index (χ2n) is 7.22. The number of amides is 3. The lowest BCUT2D eigenvalue weighted by atomic mass is 10.1. The summed E-state index contributed by atoms with van der Waals surface area (Å²) in [6.07, 6.45) is 2.27. The van der Waals surface area contributed by atoms with Crippen LogP contribution in [0.2, 0.25) is 5.02 Å². The summed E-state index contributed by atoms with van der Waals surface area (Å²) in [6.45, 7) is -0.275. The summed E-state index contributed by atoms with van der Waals surface area (Å²) in [6, 6.07) is 10.6. The summed E-state index contributed by atoms with van der Waals surface area (Å²) >= 11 is 7.31. The van der Waals surface area contributed by atoms with Crippen molar-refractivity contribution in [2.75, 3.05) is 12.0 Å². The number of primary amides is 1. The van der Waals surface area contributed by atoms with Crippen LogP contribution >= 0.6 is 23.4 Å². The number of fused-ring (bicyclic) bond motifs is 1. The van der Waals surface area contributed by atoms with E-state index in [1.54, 1.807) is 30.3 Å². The highest BCUT2D eigenvalue weighted by atomic mass is 35.5. The molecule has 0 saturated heterocycles. The third-order valence-electron chi connectivity index (χ3n) is 4.93. The smallest absolute Gasteiger partial charge is 0.269 e. The molecule has 0 spiro atoms. The highest BCUT2D eigenvalue weighted by molar-refractivity contribution is 7.98. The molecule has 33 heavy (non-hydrogen) atoms. The molecule has 3 rings (SSSR count). The molecule has 0 radical (unpaired) electrons. The Hall–Kier alpha value is -3.11. The zero-order valence-electron chi connectivity index (χ0n) is 17.8. The van der Waals surface area contributed by atoms with Gasteiger partial charge in [-0.05, 0) is 30.6 Å². The Balaban J connectivity index is 1.70. The van der Waals surface area contributed by atoms with E-state index < -0.39 is 29.6 Å². The number of nitrogens with zero attached hydrogens (tertiary/aromatic N) is 2. The van der Waals surface area contributed by atoms with Gasteiger partial charge >= 0.3 is 0 Å². The van der Waals surface area contributed by atoms with Crippen LogP contribution in [0.3, 0.4) is 0 Å². The van der Waals surface area contributed by atoms with Crippen molar-refractivity contribution < 1.29 is 18.8 Å². The number of nitrogens with two attached hydrogens (primary N) is 1. The Morgan fingerprint density at radius 1 is 1.21 bits per heavy atom. The summed E-state index contributed by atoms with van der Waals surface area (Å²) in [5.74, 6) is -1.58. The number of carbonyl (C=O) groups is 3. The van der Waals surface area contributed by atoms with Gasteiger partial charge in [0.1, 0.15) is 18.4 Å². The molecule has 174 valence electrons. The van der Waals surface area contributed by atoms with Crippen molar-refractivity contribution in [2.24, 2.45) is 5.73 Å². The molecule has 0 bridgehead atoms. The van der Waals surface area contributed by atoms with E-state index in [-0.39, 0.29) is 29.4 Å². The minimum atomic E-state index is -0.829. The molecule has 0 aliphatic rings. The Morgan fingerprint density at radius 3 is 2.70 bits per heavy atom. The van der Waals surface area contributed by atoms with Crippen LogP contribution in [0.15, 0.2) is 42.5 Å². The van der Waals surface area contributed by atoms with Gasteiger partial charge in [0, 0.05) is 17.5 Å². The molecule has 1 aromatic heterocycles. The third-order valence-corrected chi connectivity index (χ3v) is 5.87. The van der Waals surface area contributed by atoms with E-state index in [0.29, 0.717) is 23.1 Å². The first-order chi connectivity index (χ1) is 15.8. The van der Waals surface area contributed by atoms with Crippen molar-refractivity contribution in [2.45, 2.75) is 25.6 Å². The first-order valence-corrected chi connectivity index (χ1v) is 11.8. The minimum absolute atomic E-state index is 0.0317. The first-order valence-electron chi connectivity index (χ1n) is 10.1. The number of benzene rings is 2. The molecule has 8 nitrogen and oxygen atoms in total. The third kappa shape index (κ3) is 6.02. The van der Waals surface area contributed by atoms with Gasteiger partial charge in [0.05, 0.1) is 10.5 Å². The van der Waals surface area contributed by atoms with E-state index >= 15 is 0 Å². The minimum Gasteiger partial charge on any atom is -0.364 e. The maximum absolute atomic E-state index is 14.1. The molecule has 1 heterocycles. The summed E-state index contributed by atoms with van der Waals surface area (Å²) in [5, 5.41) is 10.0. The summed E-state index contributed by atoms with van der Waals surface area (Å²) in [7, 11) is 0. The number of nitrogens with one attached hydrogen (secondary N) is 2. The van der Waals surface area contributed by atoms with Gasteiger partial charge in [0.25, 0.3) is 5.91 Å². The second kappa shape index (κ2) is 11.2. The van der Waals surface area contributed by atoms with Crippen LogP contribution in [-0.2, 0) is 22.7 Å². The van der Waals surface area contributed by atoms with E-state index in [9.17, 15) is 18.8 Å². The Morgan fingerprint density at radius 2 is 1.97 bits per heavy atom. The van der Waals surface area contributed by atoms with Crippen molar-refractivity contribution in [3.05, 3.63) is 64.6 Å². The van der Waals surface area contributed by atoms with Gasteiger partial charge in [-0.2, -0.15) is 16.9 Å². The number of hydrogen-bond acceptors (Lipinski definition) is 5. The number of carbonyl (C=O) groups excluding carboxylic acids is 3. The van der Waals surface area contributed by atoms with E-state index in [1.165, 1.54) is 28.6 Å². The van der Waals surface area contributed by atoms with Crippen LogP contribution in [-0.4, -0.2) is 45.6 Å². The Bertz CT molecular complexity index is 1190. The Labute approximate surface area is 199 Å². The fourth-order valence-corrected chi connectivity index (χ4v) is 3.97. The summed E-state index contributed by atoms with van der Waals surface area (Å²) in [4.78, 5) is 37.2. The molecular formula is C22H23ClFN5O3S. The molecule has 2 aromatic carbocycles. The highest BCUT2D eigenvalue weighted by Crippen LogP contribution is 2.19. The van der Waals surface area contributed by atoms with Crippen molar-refractivity contribution in [3.63, 3.8) is 0 Å². The van der Waals surface area contributed by atoms with E-state index in [2.05, 4.69) is 15.7 Å². The summed E-state index contributed by atoms with van der Waals surface area (Å²) in [5.41, 5.74) is 6.28. The number of hydrogen-bond donors (Lipinski definition) is 3. The van der Waals surface area contributed by atoms with Crippen LogP contribution in [0.1, 0.15) is 22.5 Å². The fourth-order valence-electron chi connectivity index (χ4n) is 3.30. The summed E-state index contributed by atoms with van der Waals surface area (Å²) < 4.78 is 15.5. The van der Waals surface area contributed by atoms with Crippen LogP contribution in [0.4, 0.5) is 4.39 Å². The van der Waals surface area contributed by atoms with Gasteiger partial charge in [-0.15, -0.1) is 0 Å². The van der Waals surface area contributed by atoms with Gasteiger partial charge in [0.2, 0.25) is 11.8 Å². The zero-order valence-corrected chi connectivity index (χ0v) is 19.4. The largest absolute Gasteiger partial charge is 0.364 e. The number of aromatic nitrogens is 2. The van der Waals surface area contributed by atoms with Gasteiger partial charge < -0.3 is 16.4 Å². The first kappa shape index (κ1) is 24.5. The fraction of sp³-hybridized carbons (Fsp3) is 0.273.